The zero-order valence-electron chi connectivity index (χ0n) is 12.6. The monoisotopic (exact) mass is 402 g/mol. The van der Waals surface area contributed by atoms with E-state index in [2.05, 4.69) is 26.6 Å². The van der Waals surface area contributed by atoms with Crippen molar-refractivity contribution in [1.82, 2.24) is 5.32 Å². The van der Waals surface area contributed by atoms with Crippen LogP contribution in [0, 0.1) is 17.5 Å². The molecule has 0 atom stereocenters. The molecule has 0 aliphatic heterocycles. The third-order valence-corrected chi connectivity index (χ3v) is 3.70. The molecule has 0 unspecified atom stereocenters. The van der Waals surface area contributed by atoms with Crippen molar-refractivity contribution in [1.29, 1.82) is 0 Å². The lowest BCUT2D eigenvalue weighted by Gasteiger charge is -2.11. The molecule has 128 valence electrons. The number of urea groups is 1. The topological polar surface area (TPSA) is 50.4 Å². The van der Waals surface area contributed by atoms with Crippen LogP contribution in [0.2, 0.25) is 0 Å². The van der Waals surface area contributed by atoms with Crippen LogP contribution in [0.3, 0.4) is 0 Å². The van der Waals surface area contributed by atoms with Crippen LogP contribution in [-0.2, 0) is 6.42 Å². The van der Waals surface area contributed by atoms with Crippen LogP contribution in [0.1, 0.15) is 5.56 Å². The van der Waals surface area contributed by atoms with E-state index in [9.17, 15) is 18.0 Å². The van der Waals surface area contributed by atoms with E-state index in [-0.39, 0.29) is 6.54 Å². The molecule has 2 N–H and O–H groups in total. The Balaban J connectivity index is 1.93. The molecule has 2 amide bonds. The van der Waals surface area contributed by atoms with Crippen molar-refractivity contribution in [2.75, 3.05) is 19.0 Å². The number of amides is 2. The smallest absolute Gasteiger partial charge is 0.319 e. The lowest BCUT2D eigenvalue weighted by atomic mass is 10.1. The Kier molecular flexibility index (Phi) is 6.08. The Bertz CT molecular complexity index is 756. The van der Waals surface area contributed by atoms with E-state index in [0.717, 1.165) is 22.2 Å². The molecule has 0 spiro atoms. The second-order valence-electron chi connectivity index (χ2n) is 4.81. The maximum atomic E-state index is 13.5. The Hall–Kier alpha value is -2.22. The van der Waals surface area contributed by atoms with Crippen molar-refractivity contribution in [3.05, 3.63) is 57.8 Å². The highest BCUT2D eigenvalue weighted by Gasteiger charge is 2.15. The van der Waals surface area contributed by atoms with Gasteiger partial charge in [0.1, 0.15) is 5.75 Å². The van der Waals surface area contributed by atoms with Gasteiger partial charge in [-0.3, -0.25) is 0 Å². The van der Waals surface area contributed by atoms with Crippen LogP contribution in [0.25, 0.3) is 0 Å². The first-order valence-corrected chi connectivity index (χ1v) is 7.72. The average molecular weight is 403 g/mol. The summed E-state index contributed by atoms with van der Waals surface area (Å²) in [5.74, 6) is -3.72. The number of carbonyl (C=O) groups is 1. The average Bonchev–Trinajstić information content (AvgIpc) is 2.56. The summed E-state index contributed by atoms with van der Waals surface area (Å²) in [5, 5.41) is 4.64. The normalized spacial score (nSPS) is 10.4. The number of hydrogen-bond acceptors (Lipinski definition) is 2. The molecular weight excluding hydrogens is 389 g/mol. The standard InChI is InChI=1S/C16H14BrF3N2O2/c1-24-13-5-2-10(17)8-9(13)6-7-21-16(23)22-12-4-3-11(18)14(19)15(12)20/h2-5,8H,6-7H2,1H3,(H2,21,22,23). The van der Waals surface area contributed by atoms with Gasteiger partial charge >= 0.3 is 6.03 Å². The van der Waals surface area contributed by atoms with Gasteiger partial charge in [-0.15, -0.1) is 0 Å². The largest absolute Gasteiger partial charge is 0.496 e. The van der Waals surface area contributed by atoms with E-state index in [0.29, 0.717) is 12.2 Å². The van der Waals surface area contributed by atoms with Crippen molar-refractivity contribution in [2.24, 2.45) is 0 Å². The van der Waals surface area contributed by atoms with Crippen LogP contribution in [-0.4, -0.2) is 19.7 Å². The lowest BCUT2D eigenvalue weighted by molar-refractivity contribution is 0.252. The van der Waals surface area contributed by atoms with E-state index in [4.69, 9.17) is 4.74 Å². The Morgan fingerprint density at radius 3 is 2.62 bits per heavy atom. The number of methoxy groups -OCH3 is 1. The fourth-order valence-corrected chi connectivity index (χ4v) is 2.45. The van der Waals surface area contributed by atoms with E-state index >= 15 is 0 Å². The summed E-state index contributed by atoms with van der Waals surface area (Å²) in [5.41, 5.74) is 0.428. The molecule has 2 rings (SSSR count). The van der Waals surface area contributed by atoms with Crippen LogP contribution in [0.4, 0.5) is 23.7 Å². The maximum Gasteiger partial charge on any atom is 0.319 e. The van der Waals surface area contributed by atoms with Crippen LogP contribution < -0.4 is 15.4 Å². The van der Waals surface area contributed by atoms with E-state index in [1.807, 2.05) is 12.1 Å². The summed E-state index contributed by atoms with van der Waals surface area (Å²) in [4.78, 5) is 11.7. The summed E-state index contributed by atoms with van der Waals surface area (Å²) in [6.07, 6.45) is 0.469. The van der Waals surface area contributed by atoms with Gasteiger partial charge < -0.3 is 15.4 Å². The lowest BCUT2D eigenvalue weighted by Crippen LogP contribution is -2.31. The van der Waals surface area contributed by atoms with Gasteiger partial charge in [0.15, 0.2) is 17.5 Å². The molecule has 0 fully saturated rings. The molecule has 0 heterocycles. The van der Waals surface area contributed by atoms with Gasteiger partial charge in [0.25, 0.3) is 0 Å². The molecule has 0 saturated carbocycles. The third-order valence-electron chi connectivity index (χ3n) is 3.21. The van der Waals surface area contributed by atoms with Gasteiger partial charge in [0.05, 0.1) is 12.8 Å². The van der Waals surface area contributed by atoms with Crippen LogP contribution >= 0.6 is 15.9 Å². The Labute approximate surface area is 145 Å². The molecular formula is C16H14BrF3N2O2. The zero-order chi connectivity index (χ0) is 17.7. The van der Waals surface area contributed by atoms with Gasteiger partial charge in [-0.05, 0) is 42.3 Å². The Morgan fingerprint density at radius 2 is 1.92 bits per heavy atom. The molecule has 2 aromatic carbocycles. The van der Waals surface area contributed by atoms with E-state index in [1.54, 1.807) is 13.2 Å². The zero-order valence-corrected chi connectivity index (χ0v) is 14.2. The molecule has 8 heteroatoms. The molecule has 4 nitrogen and oxygen atoms in total. The van der Waals surface area contributed by atoms with Crippen molar-refractivity contribution in [2.45, 2.75) is 6.42 Å². The first-order valence-electron chi connectivity index (χ1n) is 6.93. The quantitative estimate of drug-likeness (QED) is 0.734. The Morgan fingerprint density at radius 1 is 1.17 bits per heavy atom. The highest BCUT2D eigenvalue weighted by molar-refractivity contribution is 9.10. The second kappa shape index (κ2) is 8.05. The molecule has 0 saturated heterocycles. The molecule has 24 heavy (non-hydrogen) atoms. The molecule has 0 aliphatic rings. The number of nitrogens with one attached hydrogen (secondary N) is 2. The number of rotatable bonds is 5. The predicted molar refractivity (Wildman–Crippen MR) is 87.7 cm³/mol. The van der Waals surface area contributed by atoms with E-state index < -0.39 is 29.2 Å². The van der Waals surface area contributed by atoms with Gasteiger partial charge in [0, 0.05) is 11.0 Å². The fourth-order valence-electron chi connectivity index (χ4n) is 2.04. The third kappa shape index (κ3) is 4.41. The minimum absolute atomic E-state index is 0.240. The summed E-state index contributed by atoms with van der Waals surface area (Å²) in [7, 11) is 1.54. The molecule has 0 aliphatic carbocycles. The van der Waals surface area contributed by atoms with Crippen molar-refractivity contribution in [3.63, 3.8) is 0 Å². The SMILES string of the molecule is COc1ccc(Br)cc1CCNC(=O)Nc1ccc(F)c(F)c1F. The van der Waals surface area contributed by atoms with Crippen molar-refractivity contribution < 1.29 is 22.7 Å². The van der Waals surface area contributed by atoms with Gasteiger partial charge in [-0.25, -0.2) is 18.0 Å². The second-order valence-corrected chi connectivity index (χ2v) is 5.73. The van der Waals surface area contributed by atoms with Gasteiger partial charge in [-0.2, -0.15) is 0 Å². The number of halogens is 4. The predicted octanol–water partition coefficient (Wildman–Crippen LogP) is 4.24. The molecule has 2 aromatic rings. The van der Waals surface area contributed by atoms with Crippen molar-refractivity contribution >= 4 is 27.6 Å². The van der Waals surface area contributed by atoms with Gasteiger partial charge in [-0.1, -0.05) is 15.9 Å². The number of hydrogen-bond donors (Lipinski definition) is 2. The highest BCUT2D eigenvalue weighted by Crippen LogP contribution is 2.23. The highest BCUT2D eigenvalue weighted by atomic mass is 79.9. The molecule has 0 radical (unpaired) electrons. The fraction of sp³-hybridized carbons (Fsp3) is 0.188. The number of carbonyl (C=O) groups excluding carboxylic acids is 1. The summed E-state index contributed by atoms with van der Waals surface area (Å²) in [6, 6.07) is 6.43. The van der Waals surface area contributed by atoms with Crippen LogP contribution in [0.5, 0.6) is 5.75 Å². The van der Waals surface area contributed by atoms with Gasteiger partial charge in [0.2, 0.25) is 0 Å². The van der Waals surface area contributed by atoms with E-state index in [1.165, 1.54) is 0 Å². The number of ether oxygens (including phenoxy) is 1. The maximum absolute atomic E-state index is 13.5. The minimum atomic E-state index is -1.63. The summed E-state index contributed by atoms with van der Waals surface area (Å²) in [6.45, 7) is 0.240. The summed E-state index contributed by atoms with van der Waals surface area (Å²) < 4.78 is 45.5. The number of anilines is 1. The first kappa shape index (κ1) is 18.1. The molecule has 0 aromatic heterocycles. The first-order chi connectivity index (χ1) is 11.4. The number of benzene rings is 2. The van der Waals surface area contributed by atoms with Crippen LogP contribution in [0.15, 0.2) is 34.8 Å². The minimum Gasteiger partial charge on any atom is -0.496 e. The van der Waals surface area contributed by atoms with Crippen molar-refractivity contribution in [3.8, 4) is 5.75 Å². The molecule has 0 bridgehead atoms. The summed E-state index contributed by atoms with van der Waals surface area (Å²) >= 11 is 3.35.